The standard InChI is InChI=1S/C61H72F2N10O6/c1-78-60(76)68-53(38-14-6-7-15-38)58(74)71-28-10-18-51(71)56-64-45-22-20-40(32-47(45)66-56)49-24-25-50(73(49)42-34-43(62)55(44(63)35-42)70-30-26-37(27-31-70)36-12-4-3-5-13-36)41-21-23-46-48(33-41)67-57(65-46)52-19-11-29-72(52)59(75)54(69-61(77)79-2)39-16-8-9-17-39/h3-5,12-13,20-23,32-35,37-39,49-54H,6-11,14-19,24-31H2,1-2H3,(H,64,66)(H,65,67)(H,68,76)(H,69,77)/t49-,50-,51+,52+,53+,54+/m1/s1. The van der Waals surface area contributed by atoms with Gasteiger partial charge in [0.25, 0.3) is 0 Å². The van der Waals surface area contributed by atoms with Crippen molar-refractivity contribution in [3.8, 4) is 0 Å². The zero-order valence-electron chi connectivity index (χ0n) is 45.2. The van der Waals surface area contributed by atoms with E-state index < -0.39 is 35.9 Å². The van der Waals surface area contributed by atoms with E-state index in [1.54, 1.807) is 0 Å². The molecule has 6 heterocycles. The molecule has 2 aliphatic carbocycles. The van der Waals surface area contributed by atoms with Crippen LogP contribution < -0.4 is 20.4 Å². The number of imidazole rings is 2. The normalized spacial score (nSPS) is 23.0. The maximum atomic E-state index is 16.9. The Hall–Kier alpha value is -7.24. The molecule has 2 saturated carbocycles. The van der Waals surface area contributed by atoms with Crippen LogP contribution in [0, 0.1) is 23.5 Å². The van der Waals surface area contributed by atoms with E-state index >= 15 is 8.78 Å². The average molecular weight is 1080 g/mol. The molecule has 4 N–H and O–H groups in total. The minimum Gasteiger partial charge on any atom is -0.453 e. The van der Waals surface area contributed by atoms with Gasteiger partial charge in [-0.2, -0.15) is 0 Å². The Morgan fingerprint density at radius 2 is 1.01 bits per heavy atom. The molecule has 4 aliphatic heterocycles. The largest absolute Gasteiger partial charge is 0.453 e. The predicted octanol–water partition coefficient (Wildman–Crippen LogP) is 11.3. The number of aromatic nitrogens is 4. The Labute approximate surface area is 459 Å². The quantitative estimate of drug-likeness (QED) is 0.0869. The number of aromatic amines is 2. The molecule has 0 radical (unpaired) electrons. The highest BCUT2D eigenvalue weighted by atomic mass is 19.1. The maximum absolute atomic E-state index is 16.9. The third-order valence-corrected chi connectivity index (χ3v) is 18.5. The van der Waals surface area contributed by atoms with Crippen molar-refractivity contribution in [1.29, 1.82) is 0 Å². The van der Waals surface area contributed by atoms with Gasteiger partial charge in [-0.25, -0.2) is 28.3 Å². The molecule has 18 heteroatoms. The number of benzene rings is 4. The van der Waals surface area contributed by atoms with E-state index in [-0.39, 0.29) is 53.5 Å². The SMILES string of the molecule is COC(=O)N[C@H](C(=O)N1CCC[C@H]1c1nc2ccc([C@H]3CC[C@H](c4ccc5nc([C@@H]6CCCN6C(=O)[C@@H](NC(=O)OC)C6CCCC6)[nH]c5c4)N3c3cc(F)c(N4CCC(c5ccccc5)CC4)c(F)c3)cc2[nH]1)C1CCCC1. The number of carbonyl (C=O) groups excluding carboxylic acids is 4. The molecule has 6 fully saturated rings. The summed E-state index contributed by atoms with van der Waals surface area (Å²) in [6.45, 7) is 2.18. The highest BCUT2D eigenvalue weighted by Crippen LogP contribution is 2.49. The number of amides is 4. The summed E-state index contributed by atoms with van der Waals surface area (Å²) >= 11 is 0. The highest BCUT2D eigenvalue weighted by molar-refractivity contribution is 5.88. The first-order valence-electron chi connectivity index (χ1n) is 28.9. The van der Waals surface area contributed by atoms with Crippen molar-refractivity contribution >= 4 is 57.4 Å². The van der Waals surface area contributed by atoms with Crippen LogP contribution in [0.4, 0.5) is 29.7 Å². The fraction of sp³-hybridized carbons (Fsp3) is 0.508. The van der Waals surface area contributed by atoms with Gasteiger partial charge in [0.2, 0.25) is 11.8 Å². The summed E-state index contributed by atoms with van der Waals surface area (Å²) < 4.78 is 43.7. The lowest BCUT2D eigenvalue weighted by Gasteiger charge is -2.36. The monoisotopic (exact) mass is 1080 g/mol. The summed E-state index contributed by atoms with van der Waals surface area (Å²) in [7, 11) is 2.63. The zero-order chi connectivity index (χ0) is 54.3. The van der Waals surface area contributed by atoms with E-state index in [4.69, 9.17) is 19.4 Å². The van der Waals surface area contributed by atoms with Crippen LogP contribution in [-0.4, -0.2) is 106 Å². The minimum absolute atomic E-state index is 0.00512. The number of H-pyrrole nitrogens is 2. The number of rotatable bonds is 13. The second-order valence-corrected chi connectivity index (χ2v) is 22.9. The number of fused-ring (bicyclic) bond motifs is 2. The Kier molecular flexibility index (Phi) is 14.9. The van der Waals surface area contributed by atoms with Crippen molar-refractivity contribution in [3.05, 3.63) is 119 Å². The molecule has 6 aromatic rings. The van der Waals surface area contributed by atoms with Crippen LogP contribution in [0.1, 0.15) is 161 Å². The lowest BCUT2D eigenvalue weighted by Crippen LogP contribution is -2.51. The lowest BCUT2D eigenvalue weighted by atomic mass is 9.89. The molecule has 12 rings (SSSR count). The third-order valence-electron chi connectivity index (χ3n) is 18.5. The van der Waals surface area contributed by atoms with Gasteiger partial charge in [-0.15, -0.1) is 0 Å². The zero-order valence-corrected chi connectivity index (χ0v) is 45.2. The summed E-state index contributed by atoms with van der Waals surface area (Å²) in [6, 6.07) is 23.1. The minimum atomic E-state index is -0.676. The third kappa shape index (κ3) is 10.4. The topological polar surface area (TPSA) is 181 Å². The van der Waals surface area contributed by atoms with Crippen LogP contribution in [0.3, 0.4) is 0 Å². The van der Waals surface area contributed by atoms with Crippen molar-refractivity contribution in [2.75, 3.05) is 50.2 Å². The van der Waals surface area contributed by atoms with Gasteiger partial charge in [0.15, 0.2) is 11.6 Å². The van der Waals surface area contributed by atoms with E-state index in [9.17, 15) is 19.2 Å². The summed E-state index contributed by atoms with van der Waals surface area (Å²) in [5, 5.41) is 5.73. The molecule has 0 bridgehead atoms. The summed E-state index contributed by atoms with van der Waals surface area (Å²) in [5.41, 5.74) is 6.68. The summed E-state index contributed by atoms with van der Waals surface area (Å²) in [6.07, 6.45) is 12.3. The van der Waals surface area contributed by atoms with Gasteiger partial charge < -0.3 is 49.7 Å². The van der Waals surface area contributed by atoms with Gasteiger partial charge in [-0.05, 0) is 148 Å². The van der Waals surface area contributed by atoms with E-state index in [0.717, 1.165) is 123 Å². The number of carbonyl (C=O) groups is 4. The van der Waals surface area contributed by atoms with Crippen molar-refractivity contribution in [3.63, 3.8) is 0 Å². The highest BCUT2D eigenvalue weighted by Gasteiger charge is 2.43. The molecule has 4 aromatic carbocycles. The molecule has 0 unspecified atom stereocenters. The Balaban J connectivity index is 0.849. The Morgan fingerprint density at radius 3 is 1.47 bits per heavy atom. The maximum Gasteiger partial charge on any atom is 0.407 e. The number of halogens is 2. The molecule has 2 aromatic heterocycles. The first kappa shape index (κ1) is 52.5. The van der Waals surface area contributed by atoms with Crippen LogP contribution in [0.5, 0.6) is 0 Å². The number of hydrogen-bond donors (Lipinski definition) is 4. The van der Waals surface area contributed by atoms with Crippen LogP contribution in [0.15, 0.2) is 78.9 Å². The predicted molar refractivity (Wildman–Crippen MR) is 296 cm³/mol. The van der Waals surface area contributed by atoms with E-state index in [0.29, 0.717) is 62.3 Å². The number of nitrogens with one attached hydrogen (secondary N) is 4. The molecule has 16 nitrogen and oxygen atoms in total. The number of likely N-dealkylation sites (tertiary alicyclic amines) is 2. The first-order valence-corrected chi connectivity index (χ1v) is 28.9. The van der Waals surface area contributed by atoms with Crippen molar-refractivity contribution in [1.82, 2.24) is 40.4 Å². The molecular weight excluding hydrogens is 1010 g/mol. The second kappa shape index (κ2) is 22.5. The lowest BCUT2D eigenvalue weighted by molar-refractivity contribution is -0.136. The van der Waals surface area contributed by atoms with Crippen molar-refractivity contribution < 1.29 is 37.4 Å². The first-order chi connectivity index (χ1) is 38.5. The number of ether oxygens (including phenoxy) is 2. The number of methoxy groups -OCH3 is 2. The van der Waals surface area contributed by atoms with Gasteiger partial charge in [0.05, 0.1) is 60.5 Å². The molecule has 79 heavy (non-hydrogen) atoms. The van der Waals surface area contributed by atoms with Gasteiger partial charge in [-0.1, -0.05) is 68.1 Å². The number of piperidine rings is 1. The van der Waals surface area contributed by atoms with Crippen LogP contribution in [0.25, 0.3) is 22.1 Å². The van der Waals surface area contributed by atoms with Gasteiger partial charge in [0, 0.05) is 31.9 Å². The van der Waals surface area contributed by atoms with Crippen LogP contribution in [0.2, 0.25) is 0 Å². The fourth-order valence-corrected chi connectivity index (χ4v) is 14.5. The van der Waals surface area contributed by atoms with E-state index in [2.05, 4.69) is 61.9 Å². The fourth-order valence-electron chi connectivity index (χ4n) is 14.5. The smallest absolute Gasteiger partial charge is 0.407 e. The number of hydrogen-bond acceptors (Lipinski definition) is 10. The molecule has 0 spiro atoms. The van der Waals surface area contributed by atoms with Gasteiger partial charge in [-0.3, -0.25) is 9.59 Å². The van der Waals surface area contributed by atoms with Crippen LogP contribution in [-0.2, 0) is 19.1 Å². The summed E-state index contributed by atoms with van der Waals surface area (Å²) in [5.74, 6) is 0.335. The summed E-state index contributed by atoms with van der Waals surface area (Å²) in [4.78, 5) is 78.7. The van der Waals surface area contributed by atoms with Crippen LogP contribution >= 0.6 is 0 Å². The molecule has 4 saturated heterocycles. The molecular formula is C61H72F2N10O6. The number of anilines is 2. The Bertz CT molecular complexity index is 3030. The molecule has 6 atom stereocenters. The molecule has 416 valence electrons. The number of alkyl carbamates (subject to hydrolysis) is 2. The van der Waals surface area contributed by atoms with Crippen molar-refractivity contribution in [2.24, 2.45) is 11.8 Å². The molecule has 6 aliphatic rings. The van der Waals surface area contributed by atoms with Gasteiger partial charge >= 0.3 is 12.2 Å². The van der Waals surface area contributed by atoms with Crippen molar-refractivity contribution in [2.45, 2.75) is 145 Å². The van der Waals surface area contributed by atoms with E-state index in [1.165, 1.54) is 31.9 Å². The average Bonchev–Trinajstić information content (AvgIpc) is 4.50. The van der Waals surface area contributed by atoms with E-state index in [1.807, 2.05) is 45.0 Å². The Morgan fingerprint density at radius 1 is 0.544 bits per heavy atom. The number of nitrogens with zero attached hydrogens (tertiary/aromatic N) is 6. The molecule has 4 amide bonds. The second-order valence-electron chi connectivity index (χ2n) is 22.9. The van der Waals surface area contributed by atoms with Gasteiger partial charge in [0.1, 0.15) is 29.4 Å².